The molecule has 3 rings (SSSR count). The molecule has 0 heterocycles. The van der Waals surface area contributed by atoms with Gasteiger partial charge in [-0.3, -0.25) is 14.1 Å². The monoisotopic (exact) mass is 328 g/mol. The number of rotatable bonds is 1. The van der Waals surface area contributed by atoms with Gasteiger partial charge in [0, 0.05) is 16.7 Å². The Bertz CT molecular complexity index is 917. The third kappa shape index (κ3) is 2.41. The quantitative estimate of drug-likeness (QED) is 0.504. The molecule has 0 unspecified atom stereocenters. The van der Waals surface area contributed by atoms with Crippen LogP contribution in [-0.4, -0.2) is 59.2 Å². The maximum atomic E-state index is 12.4. The van der Waals surface area contributed by atoms with Gasteiger partial charge in [-0.1, -0.05) is 24.3 Å². The van der Waals surface area contributed by atoms with Crippen LogP contribution in [0, 0.1) is 0 Å². The molecular weight excluding hydrogens is 319 g/mol. The van der Waals surface area contributed by atoms with E-state index >= 15 is 0 Å². The van der Waals surface area contributed by atoms with Crippen LogP contribution in [0.15, 0.2) is 41.3 Å². The standard InChI is InChI=1S/C14H8O6S.Na.H/c15-12-7-3-1-2-4-8(7)13(16)11-9(12)5-6-10(14(11)17)21(18,19)20;;/h1-6,17H,(H,18,19,20);;. The zero-order valence-electron chi connectivity index (χ0n) is 10.4. The van der Waals surface area contributed by atoms with Crippen molar-refractivity contribution in [2.75, 3.05) is 0 Å². The normalized spacial score (nSPS) is 13.1. The second kappa shape index (κ2) is 5.60. The zero-order valence-corrected chi connectivity index (χ0v) is 11.2. The summed E-state index contributed by atoms with van der Waals surface area (Å²) in [5, 5.41) is 9.97. The van der Waals surface area contributed by atoms with Crippen LogP contribution in [0.3, 0.4) is 0 Å². The molecule has 2 aromatic rings. The topological polar surface area (TPSA) is 109 Å². The van der Waals surface area contributed by atoms with Crippen molar-refractivity contribution in [2.24, 2.45) is 0 Å². The van der Waals surface area contributed by atoms with Crippen LogP contribution in [0.1, 0.15) is 31.8 Å². The second-order valence-electron chi connectivity index (χ2n) is 4.51. The van der Waals surface area contributed by atoms with E-state index in [2.05, 4.69) is 0 Å². The maximum absolute atomic E-state index is 12.4. The average Bonchev–Trinajstić information content (AvgIpc) is 2.43. The number of phenols is 1. The summed E-state index contributed by atoms with van der Waals surface area (Å²) < 4.78 is 31.4. The first-order chi connectivity index (χ1) is 9.82. The molecular formula is C14H9NaO6S. The second-order valence-corrected chi connectivity index (χ2v) is 5.90. The summed E-state index contributed by atoms with van der Waals surface area (Å²) in [4.78, 5) is 23.9. The molecule has 0 amide bonds. The van der Waals surface area contributed by atoms with Gasteiger partial charge in [0.25, 0.3) is 10.1 Å². The number of carbonyl (C=O) groups is 2. The van der Waals surface area contributed by atoms with Crippen molar-refractivity contribution in [1.82, 2.24) is 0 Å². The molecule has 0 spiro atoms. The van der Waals surface area contributed by atoms with Gasteiger partial charge >= 0.3 is 29.6 Å². The van der Waals surface area contributed by atoms with Gasteiger partial charge in [-0.25, -0.2) is 0 Å². The molecule has 0 fully saturated rings. The van der Waals surface area contributed by atoms with Gasteiger partial charge in [-0.2, -0.15) is 8.42 Å². The minimum atomic E-state index is -4.70. The van der Waals surface area contributed by atoms with E-state index in [1.165, 1.54) is 12.1 Å². The van der Waals surface area contributed by atoms with Gasteiger partial charge in [0.15, 0.2) is 11.6 Å². The van der Waals surface area contributed by atoms with Crippen LogP contribution in [-0.2, 0) is 10.1 Å². The summed E-state index contributed by atoms with van der Waals surface area (Å²) in [6, 6.07) is 8.04. The van der Waals surface area contributed by atoms with E-state index < -0.39 is 37.9 Å². The van der Waals surface area contributed by atoms with Gasteiger partial charge < -0.3 is 5.11 Å². The summed E-state index contributed by atoms with van der Waals surface area (Å²) >= 11 is 0. The first kappa shape index (κ1) is 16.9. The summed E-state index contributed by atoms with van der Waals surface area (Å²) in [6.07, 6.45) is 0. The Labute approximate surface area is 147 Å². The molecule has 0 saturated carbocycles. The number of benzene rings is 2. The van der Waals surface area contributed by atoms with Crippen molar-refractivity contribution >= 4 is 51.2 Å². The van der Waals surface area contributed by atoms with E-state index in [0.29, 0.717) is 0 Å². The van der Waals surface area contributed by atoms with Crippen molar-refractivity contribution in [1.29, 1.82) is 0 Å². The summed E-state index contributed by atoms with van der Waals surface area (Å²) in [5.74, 6) is -2.07. The van der Waals surface area contributed by atoms with Crippen LogP contribution in [0.25, 0.3) is 0 Å². The fourth-order valence-corrected chi connectivity index (χ4v) is 2.94. The molecule has 0 atom stereocenters. The van der Waals surface area contributed by atoms with Crippen molar-refractivity contribution in [3.8, 4) is 5.75 Å². The third-order valence-corrected chi connectivity index (χ3v) is 4.19. The molecule has 0 aliphatic heterocycles. The Morgan fingerprint density at radius 2 is 1.36 bits per heavy atom. The average molecular weight is 328 g/mol. The van der Waals surface area contributed by atoms with Crippen LogP contribution >= 0.6 is 0 Å². The van der Waals surface area contributed by atoms with E-state index in [0.717, 1.165) is 12.1 Å². The van der Waals surface area contributed by atoms with E-state index in [1.54, 1.807) is 12.1 Å². The number of hydrogen-bond acceptors (Lipinski definition) is 5. The van der Waals surface area contributed by atoms with Crippen LogP contribution in [0.5, 0.6) is 5.75 Å². The number of phenolic OH excluding ortho intramolecular Hbond substituents is 1. The number of hydrogen-bond donors (Lipinski definition) is 2. The number of carbonyl (C=O) groups excluding carboxylic acids is 2. The predicted molar refractivity (Wildman–Crippen MR) is 78.4 cm³/mol. The van der Waals surface area contributed by atoms with Crippen molar-refractivity contribution in [2.45, 2.75) is 4.90 Å². The molecule has 8 heteroatoms. The Kier molecular flexibility index (Phi) is 4.29. The first-order valence-electron chi connectivity index (χ1n) is 5.84. The molecule has 0 radical (unpaired) electrons. The molecule has 22 heavy (non-hydrogen) atoms. The Morgan fingerprint density at radius 3 is 1.91 bits per heavy atom. The molecule has 0 bridgehead atoms. The third-order valence-electron chi connectivity index (χ3n) is 3.31. The Balaban J connectivity index is 0.00000176. The van der Waals surface area contributed by atoms with Gasteiger partial charge in [-0.05, 0) is 12.1 Å². The first-order valence-corrected chi connectivity index (χ1v) is 7.28. The van der Waals surface area contributed by atoms with Crippen LogP contribution in [0.2, 0.25) is 0 Å². The minimum absolute atomic E-state index is 0. The fourth-order valence-electron chi connectivity index (χ4n) is 2.36. The van der Waals surface area contributed by atoms with Gasteiger partial charge in [-0.15, -0.1) is 0 Å². The fraction of sp³-hybridized carbons (Fsp3) is 0. The van der Waals surface area contributed by atoms with Crippen molar-refractivity contribution in [3.05, 3.63) is 58.7 Å². The van der Waals surface area contributed by atoms with E-state index in [4.69, 9.17) is 4.55 Å². The molecule has 2 aromatic carbocycles. The van der Waals surface area contributed by atoms with Crippen LogP contribution in [0.4, 0.5) is 0 Å². The molecule has 108 valence electrons. The molecule has 1 aliphatic carbocycles. The molecule has 6 nitrogen and oxygen atoms in total. The SMILES string of the molecule is O=C1c2ccccc2C(=O)c2c1ccc(S(=O)(=O)O)c2O.[NaH]. The number of ketones is 2. The van der Waals surface area contributed by atoms with Gasteiger partial charge in [0.05, 0.1) is 5.56 Å². The van der Waals surface area contributed by atoms with Crippen molar-refractivity contribution in [3.63, 3.8) is 0 Å². The number of fused-ring (bicyclic) bond motifs is 2. The molecule has 0 saturated heterocycles. The number of aromatic hydroxyl groups is 1. The summed E-state index contributed by atoms with van der Waals surface area (Å²) in [5.41, 5.74) is -0.232. The van der Waals surface area contributed by atoms with Crippen molar-refractivity contribution < 1.29 is 27.7 Å². The Hall–Kier alpha value is -1.51. The molecule has 2 N–H and O–H groups in total. The van der Waals surface area contributed by atoms with Gasteiger partial charge in [0.2, 0.25) is 0 Å². The zero-order chi connectivity index (χ0) is 15.4. The summed E-state index contributed by atoms with van der Waals surface area (Å²) in [6.45, 7) is 0. The van der Waals surface area contributed by atoms with E-state index in [-0.39, 0.29) is 46.2 Å². The van der Waals surface area contributed by atoms with E-state index in [9.17, 15) is 23.1 Å². The Morgan fingerprint density at radius 1 is 0.818 bits per heavy atom. The summed E-state index contributed by atoms with van der Waals surface area (Å²) in [7, 11) is -4.70. The van der Waals surface area contributed by atoms with Gasteiger partial charge in [0.1, 0.15) is 10.6 Å². The molecule has 0 aromatic heterocycles. The van der Waals surface area contributed by atoms with E-state index in [1.807, 2.05) is 0 Å². The predicted octanol–water partition coefficient (Wildman–Crippen LogP) is 0.766. The molecule has 1 aliphatic rings. The van der Waals surface area contributed by atoms with Crippen LogP contribution < -0.4 is 0 Å².